The zero-order chi connectivity index (χ0) is 34.0. The molecule has 2 N–H and O–H groups in total. The van der Waals surface area contributed by atoms with Gasteiger partial charge in [0.15, 0.2) is 11.5 Å². The van der Waals surface area contributed by atoms with Gasteiger partial charge >= 0.3 is 6.18 Å². The van der Waals surface area contributed by atoms with E-state index < -0.39 is 17.8 Å². The standard InChI is InChI=1S/C32H36ClF3N10O2/c1-21(43-12-14-44(15-13-43)31(48)22-6-9-37-10-7-22)24-5-4-23(18-26(24)33)40-30(47)29-38-19-27(42(29)2)25-20-46(41-28(25)32(34,35)36)17-16-45-11-3-8-39-45/h3-5,8,11,18-20,22,37H,1,6-7,9-10,12-17H2,2H3,(H,40,47). The number of anilines is 1. The Bertz CT molecular complexity index is 1790. The molecular formula is C32H36ClF3N10O2. The van der Waals surface area contributed by atoms with Crippen LogP contribution in [0.25, 0.3) is 17.0 Å². The van der Waals surface area contributed by atoms with E-state index in [1.165, 1.54) is 28.7 Å². The second-order valence-corrected chi connectivity index (χ2v) is 12.3. The van der Waals surface area contributed by atoms with Crippen molar-refractivity contribution in [2.24, 2.45) is 13.0 Å². The van der Waals surface area contributed by atoms with E-state index >= 15 is 0 Å². The van der Waals surface area contributed by atoms with E-state index in [4.69, 9.17) is 11.6 Å². The maximum Gasteiger partial charge on any atom is 0.435 e. The number of hydrogen-bond donors (Lipinski definition) is 2. The van der Waals surface area contributed by atoms with Crippen LogP contribution in [0.1, 0.15) is 34.7 Å². The van der Waals surface area contributed by atoms with Gasteiger partial charge in [-0.15, -0.1) is 0 Å². The molecule has 12 nitrogen and oxygen atoms in total. The molecule has 2 amide bonds. The molecule has 0 atom stereocenters. The highest BCUT2D eigenvalue weighted by molar-refractivity contribution is 6.32. The SMILES string of the molecule is C=C(c1ccc(NC(=O)c2ncc(-c3cn(CCn4cccn4)nc3C(F)(F)F)n2C)cc1Cl)N1CCN(C(=O)C2CCNCC2)CC1. The van der Waals surface area contributed by atoms with Gasteiger partial charge in [0.05, 0.1) is 35.6 Å². The van der Waals surface area contributed by atoms with E-state index in [2.05, 4.69) is 37.3 Å². The van der Waals surface area contributed by atoms with E-state index in [1.54, 1.807) is 41.3 Å². The van der Waals surface area contributed by atoms with E-state index in [0.717, 1.165) is 25.9 Å². The third kappa shape index (κ3) is 7.11. The lowest BCUT2D eigenvalue weighted by Crippen LogP contribution is -2.50. The Labute approximate surface area is 280 Å². The highest BCUT2D eigenvalue weighted by Crippen LogP contribution is 2.36. The molecule has 2 aliphatic heterocycles. The van der Waals surface area contributed by atoms with Gasteiger partial charge in [-0.25, -0.2) is 4.98 Å². The molecule has 2 saturated heterocycles. The van der Waals surface area contributed by atoms with Gasteiger partial charge in [0.25, 0.3) is 5.91 Å². The van der Waals surface area contributed by atoms with E-state index in [9.17, 15) is 22.8 Å². The molecule has 2 aliphatic rings. The minimum absolute atomic E-state index is 0.0791. The van der Waals surface area contributed by atoms with Gasteiger partial charge in [-0.05, 0) is 50.2 Å². The lowest BCUT2D eigenvalue weighted by Gasteiger charge is -2.39. The Morgan fingerprint density at radius 2 is 1.79 bits per heavy atom. The van der Waals surface area contributed by atoms with Crippen LogP contribution in [-0.2, 0) is 31.1 Å². The van der Waals surface area contributed by atoms with E-state index in [0.29, 0.717) is 54.7 Å². The number of hydrogen-bond acceptors (Lipinski definition) is 7. The van der Waals surface area contributed by atoms with Crippen molar-refractivity contribution in [1.29, 1.82) is 0 Å². The average molecular weight is 685 g/mol. The van der Waals surface area contributed by atoms with Crippen molar-refractivity contribution in [1.82, 2.24) is 44.2 Å². The van der Waals surface area contributed by atoms with Crippen LogP contribution >= 0.6 is 11.6 Å². The van der Waals surface area contributed by atoms with Crippen LogP contribution in [0.5, 0.6) is 0 Å². The first-order valence-corrected chi connectivity index (χ1v) is 16.1. The summed E-state index contributed by atoms with van der Waals surface area (Å²) in [7, 11) is 1.47. The number of piperazine rings is 1. The van der Waals surface area contributed by atoms with Crippen LogP contribution in [0.4, 0.5) is 18.9 Å². The summed E-state index contributed by atoms with van der Waals surface area (Å²) in [5.41, 5.74) is 0.600. The average Bonchev–Trinajstić information content (AvgIpc) is 3.84. The maximum atomic E-state index is 14.0. The minimum atomic E-state index is -4.72. The Morgan fingerprint density at radius 1 is 1.08 bits per heavy atom. The summed E-state index contributed by atoms with van der Waals surface area (Å²) in [6.45, 7) is 8.94. The van der Waals surface area contributed by atoms with Crippen molar-refractivity contribution in [2.75, 3.05) is 44.6 Å². The smallest absolute Gasteiger partial charge is 0.368 e. The van der Waals surface area contributed by atoms with Gasteiger partial charge in [0, 0.05) is 74.7 Å². The molecule has 0 spiro atoms. The normalized spacial score (nSPS) is 15.9. The fourth-order valence-electron chi connectivity index (χ4n) is 6.15. The van der Waals surface area contributed by atoms with Crippen LogP contribution in [-0.4, -0.2) is 90.0 Å². The number of nitrogens with one attached hydrogen (secondary N) is 2. The van der Waals surface area contributed by atoms with Crippen molar-refractivity contribution in [3.63, 3.8) is 0 Å². The lowest BCUT2D eigenvalue weighted by molar-refractivity contribution is -0.141. The molecule has 5 heterocycles. The Kier molecular flexibility index (Phi) is 9.60. The number of carbonyl (C=O) groups excluding carboxylic acids is 2. The van der Waals surface area contributed by atoms with Crippen molar-refractivity contribution in [3.8, 4) is 11.3 Å². The summed E-state index contributed by atoms with van der Waals surface area (Å²) in [6, 6.07) is 6.74. The van der Waals surface area contributed by atoms with E-state index in [-0.39, 0.29) is 35.5 Å². The highest BCUT2D eigenvalue weighted by Gasteiger charge is 2.38. The molecule has 3 aromatic heterocycles. The quantitative estimate of drug-likeness (QED) is 0.271. The first-order valence-electron chi connectivity index (χ1n) is 15.7. The molecule has 6 rings (SSSR count). The fraction of sp³-hybridized carbons (Fsp3) is 0.406. The highest BCUT2D eigenvalue weighted by atomic mass is 35.5. The second-order valence-electron chi connectivity index (χ2n) is 11.9. The molecule has 48 heavy (non-hydrogen) atoms. The Balaban J connectivity index is 1.10. The number of imidazole rings is 1. The van der Waals surface area contributed by atoms with Gasteiger partial charge < -0.3 is 25.0 Å². The third-order valence-corrected chi connectivity index (χ3v) is 9.13. The predicted octanol–water partition coefficient (Wildman–Crippen LogP) is 4.22. The molecule has 4 aromatic rings. The fourth-order valence-corrected chi connectivity index (χ4v) is 6.44. The molecule has 0 unspecified atom stereocenters. The lowest BCUT2D eigenvalue weighted by atomic mass is 9.96. The summed E-state index contributed by atoms with van der Waals surface area (Å²) in [5, 5.41) is 14.2. The Hall–Kier alpha value is -4.63. The van der Waals surface area contributed by atoms with Crippen LogP contribution in [0.3, 0.4) is 0 Å². The summed E-state index contributed by atoms with van der Waals surface area (Å²) in [6.07, 6.45) is 2.82. The summed E-state index contributed by atoms with van der Waals surface area (Å²) >= 11 is 6.64. The number of amides is 2. The van der Waals surface area contributed by atoms with Crippen molar-refractivity contribution >= 4 is 34.8 Å². The van der Waals surface area contributed by atoms with Crippen LogP contribution in [0, 0.1) is 5.92 Å². The monoisotopic (exact) mass is 684 g/mol. The maximum absolute atomic E-state index is 14.0. The zero-order valence-corrected chi connectivity index (χ0v) is 27.1. The summed E-state index contributed by atoms with van der Waals surface area (Å²) in [4.78, 5) is 34.3. The predicted molar refractivity (Wildman–Crippen MR) is 174 cm³/mol. The van der Waals surface area contributed by atoms with Crippen LogP contribution in [0.2, 0.25) is 5.02 Å². The van der Waals surface area contributed by atoms with Gasteiger partial charge in [0.2, 0.25) is 5.91 Å². The largest absolute Gasteiger partial charge is 0.435 e. The van der Waals surface area contributed by atoms with Crippen LogP contribution in [0.15, 0.2) is 55.6 Å². The molecule has 2 fully saturated rings. The molecular weight excluding hydrogens is 649 g/mol. The number of nitrogens with zero attached hydrogens (tertiary/aromatic N) is 8. The van der Waals surface area contributed by atoms with Crippen molar-refractivity contribution < 1.29 is 22.8 Å². The van der Waals surface area contributed by atoms with Crippen molar-refractivity contribution in [2.45, 2.75) is 32.1 Å². The van der Waals surface area contributed by atoms with E-state index in [1.807, 2.05) is 4.90 Å². The minimum Gasteiger partial charge on any atom is -0.368 e. The number of carbonyl (C=O) groups is 2. The van der Waals surface area contributed by atoms with Gasteiger partial charge in [-0.1, -0.05) is 18.2 Å². The second kappa shape index (κ2) is 13.8. The molecule has 254 valence electrons. The molecule has 0 radical (unpaired) electrons. The number of aromatic nitrogens is 6. The number of benzene rings is 1. The van der Waals surface area contributed by atoms with Gasteiger partial charge in [-0.2, -0.15) is 23.4 Å². The zero-order valence-electron chi connectivity index (χ0n) is 26.4. The van der Waals surface area contributed by atoms with Gasteiger partial charge in [-0.3, -0.25) is 19.0 Å². The molecule has 0 aliphatic carbocycles. The number of halogens is 4. The number of aryl methyl sites for hydroxylation is 2. The first kappa shape index (κ1) is 33.3. The third-order valence-electron chi connectivity index (χ3n) is 8.81. The number of rotatable bonds is 9. The molecule has 0 bridgehead atoms. The Morgan fingerprint density at radius 3 is 2.46 bits per heavy atom. The summed E-state index contributed by atoms with van der Waals surface area (Å²) in [5.74, 6) is -0.419. The number of alkyl halides is 3. The topological polar surface area (TPSA) is 118 Å². The van der Waals surface area contributed by atoms with Crippen LogP contribution < -0.4 is 10.6 Å². The molecule has 1 aromatic carbocycles. The first-order chi connectivity index (χ1) is 23.0. The molecule has 0 saturated carbocycles. The van der Waals surface area contributed by atoms with Gasteiger partial charge in [0.1, 0.15) is 0 Å². The molecule has 16 heteroatoms. The number of piperidine rings is 1. The summed E-state index contributed by atoms with van der Waals surface area (Å²) < 4.78 is 46.0. The van der Waals surface area contributed by atoms with Crippen molar-refractivity contribution in [3.05, 3.63) is 77.7 Å².